The van der Waals surface area contributed by atoms with Crippen molar-refractivity contribution in [1.29, 1.82) is 0 Å². The number of pyridine rings is 1. The molecule has 0 fully saturated rings. The van der Waals surface area contributed by atoms with Crippen molar-refractivity contribution >= 4 is 5.69 Å². The monoisotopic (exact) mass is 252 g/mol. The predicted octanol–water partition coefficient (Wildman–Crippen LogP) is 2.69. The molecule has 94 valence electrons. The summed E-state index contributed by atoms with van der Waals surface area (Å²) in [6.07, 6.45) is 3.40. The highest BCUT2D eigenvalue weighted by atomic mass is 16.5. The van der Waals surface area contributed by atoms with E-state index in [2.05, 4.69) is 15.1 Å². The summed E-state index contributed by atoms with van der Waals surface area (Å²) in [6.45, 7) is 1.97. The Hall–Kier alpha value is -2.69. The fraction of sp³-hybridized carbons (Fsp3) is 0.0714. The molecule has 0 unspecified atom stereocenters. The van der Waals surface area contributed by atoms with E-state index in [9.17, 15) is 0 Å². The van der Waals surface area contributed by atoms with Crippen LogP contribution in [0.25, 0.3) is 22.8 Å². The zero-order chi connectivity index (χ0) is 13.2. The van der Waals surface area contributed by atoms with E-state index in [0.29, 0.717) is 17.4 Å². The molecule has 3 rings (SSSR count). The van der Waals surface area contributed by atoms with Gasteiger partial charge in [-0.05, 0) is 36.8 Å². The maximum atomic E-state index is 5.78. The second-order valence-corrected chi connectivity index (χ2v) is 4.24. The first-order valence-electron chi connectivity index (χ1n) is 5.84. The van der Waals surface area contributed by atoms with Crippen LogP contribution < -0.4 is 5.73 Å². The van der Waals surface area contributed by atoms with Crippen molar-refractivity contribution in [3.63, 3.8) is 0 Å². The topological polar surface area (TPSA) is 77.8 Å². The van der Waals surface area contributed by atoms with Crippen molar-refractivity contribution in [2.24, 2.45) is 0 Å². The number of anilines is 1. The Morgan fingerprint density at radius 2 is 2.11 bits per heavy atom. The third-order valence-corrected chi connectivity index (χ3v) is 2.84. The standard InChI is InChI=1S/C14H12N4O/c1-9-4-5-11(15)7-12(9)14-17-13(18-19-14)10-3-2-6-16-8-10/h2-8H,15H2,1H3. The van der Waals surface area contributed by atoms with Crippen molar-refractivity contribution in [3.8, 4) is 22.8 Å². The first kappa shape index (κ1) is 11.4. The van der Waals surface area contributed by atoms with Crippen LogP contribution in [0.4, 0.5) is 5.69 Å². The average Bonchev–Trinajstić information content (AvgIpc) is 2.92. The van der Waals surface area contributed by atoms with Gasteiger partial charge in [-0.15, -0.1) is 0 Å². The van der Waals surface area contributed by atoms with Crippen LogP contribution in [0, 0.1) is 6.92 Å². The van der Waals surface area contributed by atoms with Gasteiger partial charge in [0.05, 0.1) is 0 Å². The number of benzene rings is 1. The van der Waals surface area contributed by atoms with Gasteiger partial charge >= 0.3 is 0 Å². The largest absolute Gasteiger partial charge is 0.399 e. The lowest BCUT2D eigenvalue weighted by Gasteiger charge is -2.01. The van der Waals surface area contributed by atoms with Crippen LogP contribution in [0.2, 0.25) is 0 Å². The minimum Gasteiger partial charge on any atom is -0.399 e. The maximum Gasteiger partial charge on any atom is 0.258 e. The zero-order valence-electron chi connectivity index (χ0n) is 10.4. The Bertz CT molecular complexity index is 706. The summed E-state index contributed by atoms with van der Waals surface area (Å²) in [5, 5.41) is 3.97. The number of rotatable bonds is 2. The van der Waals surface area contributed by atoms with E-state index < -0.39 is 0 Å². The summed E-state index contributed by atoms with van der Waals surface area (Å²) in [5.74, 6) is 0.980. The third kappa shape index (κ3) is 2.18. The maximum absolute atomic E-state index is 5.78. The van der Waals surface area contributed by atoms with Gasteiger partial charge in [0.25, 0.3) is 5.89 Å². The van der Waals surface area contributed by atoms with Gasteiger partial charge in [0.2, 0.25) is 5.82 Å². The van der Waals surface area contributed by atoms with Crippen LogP contribution in [-0.4, -0.2) is 15.1 Å². The molecule has 2 N–H and O–H groups in total. The van der Waals surface area contributed by atoms with Gasteiger partial charge in [0.15, 0.2) is 0 Å². The Labute approximate surface area is 110 Å². The molecule has 0 saturated heterocycles. The van der Waals surface area contributed by atoms with Gasteiger partial charge < -0.3 is 10.3 Å². The normalized spacial score (nSPS) is 10.6. The molecule has 0 amide bonds. The van der Waals surface area contributed by atoms with Gasteiger partial charge in [-0.25, -0.2) is 0 Å². The second kappa shape index (κ2) is 4.53. The summed E-state index contributed by atoms with van der Waals surface area (Å²) >= 11 is 0. The molecule has 0 aliphatic rings. The smallest absolute Gasteiger partial charge is 0.258 e. The summed E-state index contributed by atoms with van der Waals surface area (Å²) in [6, 6.07) is 9.32. The van der Waals surface area contributed by atoms with Crippen LogP contribution in [0.15, 0.2) is 47.2 Å². The van der Waals surface area contributed by atoms with Crippen LogP contribution in [0.3, 0.4) is 0 Å². The number of hydrogen-bond acceptors (Lipinski definition) is 5. The van der Waals surface area contributed by atoms with Gasteiger partial charge in [0.1, 0.15) is 0 Å². The van der Waals surface area contributed by atoms with E-state index in [-0.39, 0.29) is 0 Å². The number of nitrogen functional groups attached to an aromatic ring is 1. The molecule has 0 spiro atoms. The second-order valence-electron chi connectivity index (χ2n) is 4.24. The Morgan fingerprint density at radius 1 is 1.21 bits per heavy atom. The highest BCUT2D eigenvalue weighted by molar-refractivity contribution is 5.65. The molecule has 0 aliphatic heterocycles. The Balaban J connectivity index is 2.04. The average molecular weight is 252 g/mol. The summed E-state index contributed by atoms with van der Waals surface area (Å²) in [4.78, 5) is 8.41. The zero-order valence-corrected chi connectivity index (χ0v) is 10.4. The first-order chi connectivity index (χ1) is 9.24. The van der Waals surface area contributed by atoms with E-state index in [4.69, 9.17) is 10.3 Å². The molecule has 0 bridgehead atoms. The van der Waals surface area contributed by atoms with Crippen molar-refractivity contribution in [1.82, 2.24) is 15.1 Å². The minimum absolute atomic E-state index is 0.462. The predicted molar refractivity (Wildman–Crippen MR) is 72.1 cm³/mol. The number of aryl methyl sites for hydroxylation is 1. The van der Waals surface area contributed by atoms with Crippen LogP contribution in [-0.2, 0) is 0 Å². The summed E-state index contributed by atoms with van der Waals surface area (Å²) < 4.78 is 5.30. The van der Waals surface area contributed by atoms with E-state index >= 15 is 0 Å². The SMILES string of the molecule is Cc1ccc(N)cc1-c1nc(-c2cccnc2)no1. The van der Waals surface area contributed by atoms with Gasteiger partial charge in [-0.3, -0.25) is 4.98 Å². The highest BCUT2D eigenvalue weighted by Gasteiger charge is 2.12. The quantitative estimate of drug-likeness (QED) is 0.709. The van der Waals surface area contributed by atoms with Crippen molar-refractivity contribution in [2.75, 3.05) is 5.73 Å². The van der Waals surface area contributed by atoms with Gasteiger partial charge in [0, 0.05) is 29.2 Å². The van der Waals surface area contributed by atoms with Crippen LogP contribution in [0.1, 0.15) is 5.56 Å². The molecular weight excluding hydrogens is 240 g/mol. The molecule has 2 heterocycles. The Morgan fingerprint density at radius 3 is 2.89 bits per heavy atom. The van der Waals surface area contributed by atoms with Crippen LogP contribution in [0.5, 0.6) is 0 Å². The van der Waals surface area contributed by atoms with E-state index in [1.807, 2.05) is 37.3 Å². The van der Waals surface area contributed by atoms with E-state index in [0.717, 1.165) is 16.7 Å². The first-order valence-corrected chi connectivity index (χ1v) is 5.84. The molecule has 0 atom stereocenters. The van der Waals surface area contributed by atoms with E-state index in [1.54, 1.807) is 12.4 Å². The van der Waals surface area contributed by atoms with Gasteiger partial charge in [-0.2, -0.15) is 4.98 Å². The molecule has 19 heavy (non-hydrogen) atoms. The Kier molecular flexibility index (Phi) is 2.72. The van der Waals surface area contributed by atoms with Crippen molar-refractivity contribution in [3.05, 3.63) is 48.3 Å². The lowest BCUT2D eigenvalue weighted by Crippen LogP contribution is -1.89. The summed E-state index contributed by atoms with van der Waals surface area (Å²) in [7, 11) is 0. The fourth-order valence-corrected chi connectivity index (χ4v) is 1.82. The molecule has 5 heteroatoms. The van der Waals surface area contributed by atoms with E-state index in [1.165, 1.54) is 0 Å². The number of nitrogens with zero attached hydrogens (tertiary/aromatic N) is 3. The molecule has 0 saturated carbocycles. The minimum atomic E-state index is 0.462. The van der Waals surface area contributed by atoms with Gasteiger partial charge in [-0.1, -0.05) is 11.2 Å². The molecule has 3 aromatic rings. The number of hydrogen-bond donors (Lipinski definition) is 1. The molecule has 5 nitrogen and oxygen atoms in total. The number of aromatic nitrogens is 3. The lowest BCUT2D eigenvalue weighted by atomic mass is 10.1. The fourth-order valence-electron chi connectivity index (χ4n) is 1.82. The molecule has 1 aromatic carbocycles. The lowest BCUT2D eigenvalue weighted by molar-refractivity contribution is 0.432. The molecule has 2 aromatic heterocycles. The summed E-state index contributed by atoms with van der Waals surface area (Å²) in [5.41, 5.74) is 9.16. The highest BCUT2D eigenvalue weighted by Crippen LogP contribution is 2.26. The van der Waals surface area contributed by atoms with Crippen molar-refractivity contribution in [2.45, 2.75) is 6.92 Å². The van der Waals surface area contributed by atoms with Crippen molar-refractivity contribution < 1.29 is 4.52 Å². The molecule has 0 aliphatic carbocycles. The van der Waals surface area contributed by atoms with Crippen LogP contribution >= 0.6 is 0 Å². The molecular formula is C14H12N4O. The third-order valence-electron chi connectivity index (χ3n) is 2.84. The molecule has 0 radical (unpaired) electrons. The number of nitrogens with two attached hydrogens (primary N) is 1.